The summed E-state index contributed by atoms with van der Waals surface area (Å²) in [7, 11) is 1.67. The molecule has 0 unspecified atom stereocenters. The maximum Gasteiger partial charge on any atom is 0.262 e. The van der Waals surface area contributed by atoms with Gasteiger partial charge in [-0.25, -0.2) is 0 Å². The normalized spacial score (nSPS) is 14.1. The number of methoxy groups -OCH3 is 1. The molecule has 2 heterocycles. The maximum atomic E-state index is 13.1. The fourth-order valence-corrected chi connectivity index (χ4v) is 4.32. The predicted molar refractivity (Wildman–Crippen MR) is 125 cm³/mol. The Morgan fingerprint density at radius 3 is 2.58 bits per heavy atom. The molecule has 31 heavy (non-hydrogen) atoms. The van der Waals surface area contributed by atoms with Crippen LogP contribution in [0.2, 0.25) is 0 Å². The third-order valence-electron chi connectivity index (χ3n) is 5.67. The van der Waals surface area contributed by atoms with Crippen molar-refractivity contribution in [3.8, 4) is 5.75 Å². The minimum absolute atomic E-state index is 0.0429. The summed E-state index contributed by atoms with van der Waals surface area (Å²) in [4.78, 5) is 33.0. The van der Waals surface area contributed by atoms with E-state index in [4.69, 9.17) is 17.0 Å². The number of amides is 1. The Kier molecular flexibility index (Phi) is 6.08. The zero-order valence-corrected chi connectivity index (χ0v) is 18.6. The second kappa shape index (κ2) is 8.93. The highest BCUT2D eigenvalue weighted by molar-refractivity contribution is 7.71. The number of carbonyl (C=O) groups is 1. The van der Waals surface area contributed by atoms with E-state index >= 15 is 0 Å². The van der Waals surface area contributed by atoms with Crippen LogP contribution in [-0.2, 0) is 6.54 Å². The molecule has 162 valence electrons. The Balaban J connectivity index is 1.53. The molecular formula is C23H26N4O3S. The topological polar surface area (TPSA) is 70.6 Å². The number of para-hydroxylation sites is 2. The first-order valence-electron chi connectivity index (χ1n) is 10.5. The second-order valence-electron chi connectivity index (χ2n) is 7.60. The molecule has 3 aromatic rings. The van der Waals surface area contributed by atoms with Crippen molar-refractivity contribution in [1.29, 1.82) is 0 Å². The molecule has 1 N–H and O–H groups in total. The molecule has 4 rings (SSSR count). The average Bonchev–Trinajstić information content (AvgIpc) is 2.81. The van der Waals surface area contributed by atoms with Crippen molar-refractivity contribution in [3.63, 3.8) is 0 Å². The average molecular weight is 439 g/mol. The summed E-state index contributed by atoms with van der Waals surface area (Å²) in [5.74, 6) is 0.791. The molecule has 1 aromatic heterocycles. The number of benzene rings is 2. The highest BCUT2D eigenvalue weighted by Gasteiger charge is 2.24. The SMILES string of the molecule is CCCn1c(=S)[nH]c2cc(C(=O)N3CCN(c4ccccc4OC)CC3)ccc2c1=O. The van der Waals surface area contributed by atoms with E-state index in [0.29, 0.717) is 40.9 Å². The number of aromatic nitrogens is 2. The second-order valence-corrected chi connectivity index (χ2v) is 7.99. The van der Waals surface area contributed by atoms with E-state index in [1.807, 2.05) is 36.1 Å². The minimum atomic E-state index is -0.120. The van der Waals surface area contributed by atoms with Gasteiger partial charge in [0.1, 0.15) is 5.75 Å². The molecular weight excluding hydrogens is 412 g/mol. The van der Waals surface area contributed by atoms with E-state index in [2.05, 4.69) is 9.88 Å². The van der Waals surface area contributed by atoms with Crippen LogP contribution in [0.4, 0.5) is 5.69 Å². The van der Waals surface area contributed by atoms with Crippen molar-refractivity contribution in [2.75, 3.05) is 38.2 Å². The summed E-state index contributed by atoms with van der Waals surface area (Å²) in [5, 5.41) is 0.541. The number of fused-ring (bicyclic) bond motifs is 1. The van der Waals surface area contributed by atoms with Crippen LogP contribution in [0.15, 0.2) is 47.3 Å². The number of aromatic amines is 1. The van der Waals surface area contributed by atoms with Crippen molar-refractivity contribution < 1.29 is 9.53 Å². The molecule has 1 saturated heterocycles. The number of carbonyl (C=O) groups excluding carboxylic acids is 1. The first kappa shape index (κ1) is 21.1. The maximum absolute atomic E-state index is 13.1. The number of nitrogens with one attached hydrogen (secondary N) is 1. The fourth-order valence-electron chi connectivity index (χ4n) is 4.04. The van der Waals surface area contributed by atoms with Gasteiger partial charge in [0, 0.05) is 38.3 Å². The van der Waals surface area contributed by atoms with Gasteiger partial charge in [-0.2, -0.15) is 0 Å². The molecule has 1 aliphatic rings. The van der Waals surface area contributed by atoms with Gasteiger partial charge >= 0.3 is 0 Å². The number of piperazine rings is 1. The summed E-state index contributed by atoms with van der Waals surface area (Å²) < 4.78 is 7.41. The highest BCUT2D eigenvalue weighted by atomic mass is 32.1. The van der Waals surface area contributed by atoms with E-state index < -0.39 is 0 Å². The van der Waals surface area contributed by atoms with Crippen LogP contribution in [0.3, 0.4) is 0 Å². The van der Waals surface area contributed by atoms with Crippen molar-refractivity contribution in [3.05, 3.63) is 63.2 Å². The van der Waals surface area contributed by atoms with Gasteiger partial charge in [-0.15, -0.1) is 0 Å². The van der Waals surface area contributed by atoms with Crippen LogP contribution >= 0.6 is 12.2 Å². The number of hydrogen-bond acceptors (Lipinski definition) is 5. The third-order valence-corrected chi connectivity index (χ3v) is 5.99. The molecule has 0 bridgehead atoms. The van der Waals surface area contributed by atoms with Crippen LogP contribution in [-0.4, -0.2) is 53.6 Å². The van der Waals surface area contributed by atoms with Crippen LogP contribution in [0.5, 0.6) is 5.75 Å². The van der Waals surface area contributed by atoms with Gasteiger partial charge in [-0.05, 0) is 49.0 Å². The van der Waals surface area contributed by atoms with Gasteiger partial charge in [-0.3, -0.25) is 14.2 Å². The lowest BCUT2D eigenvalue weighted by molar-refractivity contribution is 0.0747. The number of ether oxygens (including phenoxy) is 1. The molecule has 0 aliphatic carbocycles. The quantitative estimate of drug-likeness (QED) is 0.618. The molecule has 7 nitrogen and oxygen atoms in total. The highest BCUT2D eigenvalue weighted by Crippen LogP contribution is 2.28. The van der Waals surface area contributed by atoms with E-state index in [0.717, 1.165) is 30.9 Å². The molecule has 0 saturated carbocycles. The summed E-state index contributed by atoms with van der Waals surface area (Å²) in [6, 6.07) is 13.1. The Hall–Kier alpha value is -3.13. The summed E-state index contributed by atoms with van der Waals surface area (Å²) in [5.41, 5.74) is 2.07. The minimum Gasteiger partial charge on any atom is -0.495 e. The van der Waals surface area contributed by atoms with Gasteiger partial charge in [-0.1, -0.05) is 19.1 Å². The lowest BCUT2D eigenvalue weighted by Crippen LogP contribution is -2.48. The number of rotatable bonds is 5. The number of anilines is 1. The smallest absolute Gasteiger partial charge is 0.262 e. The molecule has 1 aliphatic heterocycles. The van der Waals surface area contributed by atoms with Gasteiger partial charge < -0.3 is 19.5 Å². The first-order chi connectivity index (χ1) is 15.0. The van der Waals surface area contributed by atoms with E-state index in [-0.39, 0.29) is 11.5 Å². The van der Waals surface area contributed by atoms with Crippen molar-refractivity contribution in [2.24, 2.45) is 0 Å². The zero-order chi connectivity index (χ0) is 22.0. The van der Waals surface area contributed by atoms with Crippen molar-refractivity contribution in [1.82, 2.24) is 14.5 Å². The van der Waals surface area contributed by atoms with Crippen molar-refractivity contribution >= 4 is 34.7 Å². The lowest BCUT2D eigenvalue weighted by Gasteiger charge is -2.36. The predicted octanol–water partition coefficient (Wildman–Crippen LogP) is 3.44. The van der Waals surface area contributed by atoms with Crippen LogP contribution in [0.25, 0.3) is 10.9 Å². The standard InChI is InChI=1S/C23H26N4O3S/c1-3-10-27-22(29)17-9-8-16(15-18(17)24-23(27)31)21(28)26-13-11-25(12-14-26)19-6-4-5-7-20(19)30-2/h4-9,15H,3,10-14H2,1-2H3,(H,24,31). The largest absolute Gasteiger partial charge is 0.495 e. The van der Waals surface area contributed by atoms with E-state index in [9.17, 15) is 9.59 Å². The fraction of sp³-hybridized carbons (Fsp3) is 0.348. The Morgan fingerprint density at radius 2 is 1.87 bits per heavy atom. The Bertz CT molecular complexity index is 1230. The van der Waals surface area contributed by atoms with Crippen molar-refractivity contribution in [2.45, 2.75) is 19.9 Å². The summed E-state index contributed by atoms with van der Waals surface area (Å²) in [6.07, 6.45) is 0.820. The lowest BCUT2D eigenvalue weighted by atomic mass is 10.1. The van der Waals surface area contributed by atoms with Crippen LogP contribution < -0.4 is 15.2 Å². The number of hydrogen-bond donors (Lipinski definition) is 1. The summed E-state index contributed by atoms with van der Waals surface area (Å²) in [6.45, 7) is 5.25. The monoisotopic (exact) mass is 438 g/mol. The number of nitrogens with zero attached hydrogens (tertiary/aromatic N) is 3. The molecule has 1 fully saturated rings. The first-order valence-corrected chi connectivity index (χ1v) is 10.9. The third kappa shape index (κ3) is 4.07. The van der Waals surface area contributed by atoms with Gasteiger partial charge in [0.2, 0.25) is 0 Å². The number of H-pyrrole nitrogens is 1. The Labute approximate surface area is 185 Å². The van der Waals surface area contributed by atoms with E-state index in [1.54, 1.807) is 29.9 Å². The van der Waals surface area contributed by atoms with Crippen LogP contribution in [0, 0.1) is 4.77 Å². The Morgan fingerprint density at radius 1 is 1.13 bits per heavy atom. The molecule has 1 amide bonds. The molecule has 0 spiro atoms. The van der Waals surface area contributed by atoms with Crippen LogP contribution in [0.1, 0.15) is 23.7 Å². The van der Waals surface area contributed by atoms with Gasteiger partial charge in [0.15, 0.2) is 4.77 Å². The summed E-state index contributed by atoms with van der Waals surface area (Å²) >= 11 is 5.34. The molecule has 0 radical (unpaired) electrons. The molecule has 8 heteroatoms. The molecule has 0 atom stereocenters. The molecule has 2 aromatic carbocycles. The zero-order valence-electron chi connectivity index (χ0n) is 17.8. The van der Waals surface area contributed by atoms with Gasteiger partial charge in [0.05, 0.1) is 23.7 Å². The van der Waals surface area contributed by atoms with E-state index in [1.165, 1.54) is 0 Å². The van der Waals surface area contributed by atoms with Gasteiger partial charge in [0.25, 0.3) is 11.5 Å².